The maximum Gasteiger partial charge on any atom is 0.326 e. The van der Waals surface area contributed by atoms with Gasteiger partial charge in [0.05, 0.1) is 11.6 Å². The molecule has 2 aromatic carbocycles. The van der Waals surface area contributed by atoms with E-state index in [2.05, 4.69) is 5.32 Å². The number of carboxylic acids is 1. The molecule has 0 heterocycles. The molecule has 6 heteroatoms. The van der Waals surface area contributed by atoms with Crippen molar-refractivity contribution in [1.82, 2.24) is 5.32 Å². The Labute approximate surface area is 138 Å². The van der Waals surface area contributed by atoms with E-state index in [1.165, 1.54) is 12.1 Å². The zero-order valence-corrected chi connectivity index (χ0v) is 12.7. The Kier molecular flexibility index (Phi) is 5.34. The van der Waals surface area contributed by atoms with Crippen molar-refractivity contribution in [3.05, 3.63) is 70.2 Å². The summed E-state index contributed by atoms with van der Waals surface area (Å²) < 4.78 is 0. The van der Waals surface area contributed by atoms with Gasteiger partial charge < -0.3 is 10.4 Å². The van der Waals surface area contributed by atoms with Crippen LogP contribution in [0.15, 0.2) is 48.5 Å². The Balaban J connectivity index is 2.12. The Morgan fingerprint density at radius 2 is 1.91 bits per heavy atom. The fourth-order valence-electron chi connectivity index (χ4n) is 2.05. The first-order valence-electron chi connectivity index (χ1n) is 6.78. The molecule has 0 aromatic heterocycles. The number of nitriles is 1. The van der Waals surface area contributed by atoms with Gasteiger partial charge in [0.25, 0.3) is 5.91 Å². The summed E-state index contributed by atoms with van der Waals surface area (Å²) in [5.74, 6) is -1.64. The number of halogens is 1. The number of benzene rings is 2. The van der Waals surface area contributed by atoms with Crippen LogP contribution in [-0.4, -0.2) is 23.0 Å². The number of carbonyl (C=O) groups excluding carboxylic acids is 1. The molecule has 0 spiro atoms. The predicted molar refractivity (Wildman–Crippen MR) is 85.2 cm³/mol. The van der Waals surface area contributed by atoms with Gasteiger partial charge in [-0.25, -0.2) is 4.79 Å². The molecule has 23 heavy (non-hydrogen) atoms. The zero-order chi connectivity index (χ0) is 16.8. The standard InChI is InChI=1S/C17H13ClN2O3/c18-14-6-4-13(5-7-14)16(21)20-15(17(22)23)9-11-2-1-3-12(8-11)10-19/h1-8,15H,9H2,(H,20,21)(H,22,23)/t15-/m1/s1. The third-order valence-electron chi connectivity index (χ3n) is 3.21. The summed E-state index contributed by atoms with van der Waals surface area (Å²) in [7, 11) is 0. The molecular weight excluding hydrogens is 316 g/mol. The first-order valence-corrected chi connectivity index (χ1v) is 7.15. The molecule has 0 saturated carbocycles. The van der Waals surface area contributed by atoms with Crippen LogP contribution in [0.5, 0.6) is 0 Å². The maximum atomic E-state index is 12.1. The molecule has 0 unspecified atom stereocenters. The number of nitrogens with one attached hydrogen (secondary N) is 1. The third-order valence-corrected chi connectivity index (χ3v) is 3.46. The monoisotopic (exact) mass is 328 g/mol. The number of rotatable bonds is 5. The van der Waals surface area contributed by atoms with Crippen molar-refractivity contribution in [3.8, 4) is 6.07 Å². The van der Waals surface area contributed by atoms with E-state index in [9.17, 15) is 14.7 Å². The van der Waals surface area contributed by atoms with Gasteiger partial charge in [0, 0.05) is 17.0 Å². The number of carbonyl (C=O) groups is 2. The topological polar surface area (TPSA) is 90.2 Å². The van der Waals surface area contributed by atoms with Crippen LogP contribution in [-0.2, 0) is 11.2 Å². The van der Waals surface area contributed by atoms with Gasteiger partial charge in [-0.2, -0.15) is 5.26 Å². The SMILES string of the molecule is N#Cc1cccc(C[C@@H](NC(=O)c2ccc(Cl)cc2)C(=O)O)c1. The Morgan fingerprint density at radius 1 is 1.22 bits per heavy atom. The number of carboxylic acid groups (broad SMARTS) is 1. The Bertz CT molecular complexity index is 766. The molecule has 0 radical (unpaired) electrons. The quantitative estimate of drug-likeness (QED) is 0.882. The minimum absolute atomic E-state index is 0.0875. The van der Waals surface area contributed by atoms with Crippen LogP contribution in [0.2, 0.25) is 5.02 Å². The lowest BCUT2D eigenvalue weighted by atomic mass is 10.0. The summed E-state index contributed by atoms with van der Waals surface area (Å²) in [6, 6.07) is 13.7. The van der Waals surface area contributed by atoms with E-state index in [-0.39, 0.29) is 6.42 Å². The molecule has 2 N–H and O–H groups in total. The number of aliphatic carboxylic acids is 1. The number of hydrogen-bond donors (Lipinski definition) is 2. The van der Waals surface area contributed by atoms with E-state index in [0.29, 0.717) is 21.7 Å². The minimum atomic E-state index is -1.14. The fraction of sp³-hybridized carbons (Fsp3) is 0.118. The van der Waals surface area contributed by atoms with Crippen molar-refractivity contribution in [3.63, 3.8) is 0 Å². The van der Waals surface area contributed by atoms with E-state index in [0.717, 1.165) is 0 Å². The maximum absolute atomic E-state index is 12.1. The Morgan fingerprint density at radius 3 is 2.52 bits per heavy atom. The molecule has 1 amide bonds. The fourth-order valence-corrected chi connectivity index (χ4v) is 2.17. The lowest BCUT2D eigenvalue weighted by Crippen LogP contribution is -2.42. The van der Waals surface area contributed by atoms with Crippen LogP contribution >= 0.6 is 11.6 Å². The molecule has 0 saturated heterocycles. The smallest absolute Gasteiger partial charge is 0.326 e. The molecule has 0 aliphatic carbocycles. The van der Waals surface area contributed by atoms with Crippen molar-refractivity contribution in [2.24, 2.45) is 0 Å². The highest BCUT2D eigenvalue weighted by molar-refractivity contribution is 6.30. The molecule has 1 atom stereocenters. The van der Waals surface area contributed by atoms with Gasteiger partial charge in [0.2, 0.25) is 0 Å². The summed E-state index contributed by atoms with van der Waals surface area (Å²) in [5.41, 5.74) is 1.43. The minimum Gasteiger partial charge on any atom is -0.480 e. The molecule has 116 valence electrons. The lowest BCUT2D eigenvalue weighted by Gasteiger charge is -2.15. The summed E-state index contributed by atoms with van der Waals surface area (Å²) in [5, 5.41) is 21.1. The van der Waals surface area contributed by atoms with Gasteiger partial charge in [0.1, 0.15) is 6.04 Å². The van der Waals surface area contributed by atoms with Crippen molar-refractivity contribution in [2.45, 2.75) is 12.5 Å². The van der Waals surface area contributed by atoms with Crippen LogP contribution < -0.4 is 5.32 Å². The van der Waals surface area contributed by atoms with Gasteiger partial charge in [-0.15, -0.1) is 0 Å². The number of hydrogen-bond acceptors (Lipinski definition) is 3. The van der Waals surface area contributed by atoms with Crippen LogP contribution in [0, 0.1) is 11.3 Å². The molecule has 5 nitrogen and oxygen atoms in total. The van der Waals surface area contributed by atoms with E-state index < -0.39 is 17.9 Å². The van der Waals surface area contributed by atoms with Crippen LogP contribution in [0.3, 0.4) is 0 Å². The highest BCUT2D eigenvalue weighted by Gasteiger charge is 2.21. The summed E-state index contributed by atoms with van der Waals surface area (Å²) in [4.78, 5) is 23.5. The van der Waals surface area contributed by atoms with Gasteiger partial charge >= 0.3 is 5.97 Å². The summed E-state index contributed by atoms with van der Waals surface area (Å²) in [6.07, 6.45) is 0.0875. The molecule has 2 rings (SSSR count). The van der Waals surface area contributed by atoms with E-state index >= 15 is 0 Å². The highest BCUT2D eigenvalue weighted by Crippen LogP contribution is 2.11. The molecular formula is C17H13ClN2O3. The van der Waals surface area contributed by atoms with Gasteiger partial charge in [-0.3, -0.25) is 4.79 Å². The van der Waals surface area contributed by atoms with E-state index in [1.54, 1.807) is 36.4 Å². The van der Waals surface area contributed by atoms with Crippen molar-refractivity contribution in [2.75, 3.05) is 0 Å². The third kappa shape index (κ3) is 4.56. The highest BCUT2D eigenvalue weighted by atomic mass is 35.5. The zero-order valence-electron chi connectivity index (χ0n) is 12.0. The van der Waals surface area contributed by atoms with Crippen molar-refractivity contribution >= 4 is 23.5 Å². The van der Waals surface area contributed by atoms with Crippen molar-refractivity contribution < 1.29 is 14.7 Å². The van der Waals surface area contributed by atoms with Crippen LogP contribution in [0.4, 0.5) is 0 Å². The first-order chi connectivity index (χ1) is 11.0. The Hall–Kier alpha value is -2.84. The molecule has 0 fully saturated rings. The van der Waals surface area contributed by atoms with E-state index in [1.807, 2.05) is 6.07 Å². The summed E-state index contributed by atoms with van der Waals surface area (Å²) >= 11 is 5.76. The molecule has 0 aliphatic heterocycles. The molecule has 0 aliphatic rings. The average Bonchev–Trinajstić information content (AvgIpc) is 2.54. The molecule has 0 bridgehead atoms. The second-order valence-electron chi connectivity index (χ2n) is 4.89. The predicted octanol–water partition coefficient (Wildman–Crippen LogP) is 2.64. The van der Waals surface area contributed by atoms with Crippen LogP contribution in [0.25, 0.3) is 0 Å². The summed E-state index contributed by atoms with van der Waals surface area (Å²) in [6.45, 7) is 0. The van der Waals surface area contributed by atoms with Gasteiger partial charge in [-0.1, -0.05) is 23.7 Å². The normalized spacial score (nSPS) is 11.3. The lowest BCUT2D eigenvalue weighted by molar-refractivity contribution is -0.139. The van der Waals surface area contributed by atoms with Crippen LogP contribution in [0.1, 0.15) is 21.5 Å². The number of nitrogens with zero attached hydrogens (tertiary/aromatic N) is 1. The second-order valence-corrected chi connectivity index (χ2v) is 5.32. The average molecular weight is 329 g/mol. The van der Waals surface area contributed by atoms with Crippen molar-refractivity contribution in [1.29, 1.82) is 5.26 Å². The van der Waals surface area contributed by atoms with Gasteiger partial charge in [0.15, 0.2) is 0 Å². The molecule has 2 aromatic rings. The van der Waals surface area contributed by atoms with E-state index in [4.69, 9.17) is 16.9 Å². The second kappa shape index (κ2) is 7.43. The number of amides is 1. The largest absolute Gasteiger partial charge is 0.480 e. The first kappa shape index (κ1) is 16.5. The van der Waals surface area contributed by atoms with Gasteiger partial charge in [-0.05, 0) is 42.0 Å².